The van der Waals surface area contributed by atoms with Crippen LogP contribution < -0.4 is 10.9 Å². The first kappa shape index (κ1) is 16.4. The highest BCUT2D eigenvalue weighted by molar-refractivity contribution is 6.32. The van der Waals surface area contributed by atoms with Gasteiger partial charge in [-0.1, -0.05) is 11.6 Å². The molecule has 2 aromatic rings. The lowest BCUT2D eigenvalue weighted by molar-refractivity contribution is 0.0598. The first-order valence-corrected chi connectivity index (χ1v) is 7.93. The Morgan fingerprint density at radius 2 is 2.21 bits per heavy atom. The van der Waals surface area contributed by atoms with Gasteiger partial charge in [-0.3, -0.25) is 9.78 Å². The van der Waals surface area contributed by atoms with Gasteiger partial charge in [0, 0.05) is 13.0 Å². The third-order valence-corrected chi connectivity index (χ3v) is 4.26. The molecule has 0 atom stereocenters. The summed E-state index contributed by atoms with van der Waals surface area (Å²) in [5, 5.41) is 7.08. The van der Waals surface area contributed by atoms with Gasteiger partial charge in [-0.15, -0.1) is 0 Å². The molecule has 0 aromatic carbocycles. The Hall–Kier alpha value is -2.41. The minimum absolute atomic E-state index is 0.0843. The summed E-state index contributed by atoms with van der Waals surface area (Å²) in [7, 11) is 2.90. The molecule has 1 saturated carbocycles. The van der Waals surface area contributed by atoms with Crippen LogP contribution in [0.3, 0.4) is 0 Å². The summed E-state index contributed by atoms with van der Waals surface area (Å²) in [5.74, 6) is -0.0592. The Kier molecular flexibility index (Phi) is 4.53. The molecule has 2 aromatic heterocycles. The van der Waals surface area contributed by atoms with Gasteiger partial charge in [-0.2, -0.15) is 5.10 Å². The van der Waals surface area contributed by atoms with Gasteiger partial charge in [0.05, 0.1) is 42.5 Å². The minimum atomic E-state index is -0.372. The highest BCUT2D eigenvalue weighted by Gasteiger charge is 2.30. The largest absolute Gasteiger partial charge is 0.465 e. The zero-order chi connectivity index (χ0) is 17.3. The summed E-state index contributed by atoms with van der Waals surface area (Å²) in [5.41, 5.74) is 2.12. The normalized spacial score (nSPS) is 13.6. The number of halogens is 1. The quantitative estimate of drug-likeness (QED) is 0.833. The number of aromatic nitrogens is 3. The highest BCUT2D eigenvalue weighted by atomic mass is 35.5. The summed E-state index contributed by atoms with van der Waals surface area (Å²) in [6.07, 6.45) is 3.55. The van der Waals surface area contributed by atoms with E-state index in [0.29, 0.717) is 23.7 Å². The number of methoxy groups -OCH3 is 1. The van der Waals surface area contributed by atoms with E-state index in [1.54, 1.807) is 12.1 Å². The maximum Gasteiger partial charge on any atom is 0.339 e. The molecule has 2 heterocycles. The Morgan fingerprint density at radius 1 is 1.46 bits per heavy atom. The highest BCUT2D eigenvalue weighted by Crippen LogP contribution is 2.40. The van der Waals surface area contributed by atoms with Gasteiger partial charge >= 0.3 is 5.97 Å². The number of carbonyl (C=O) groups excluding carboxylic acids is 1. The standard InChI is InChI=1S/C16H17ClN4O3/c1-21-15(22)13(17)12(8-19-21)18-7-10-5-6-11(16(23)24-2)14(20-10)9-3-4-9/h5-6,8-9,18H,3-4,7H2,1-2H3. The van der Waals surface area contributed by atoms with Crippen LogP contribution in [-0.4, -0.2) is 27.8 Å². The smallest absolute Gasteiger partial charge is 0.339 e. The van der Waals surface area contributed by atoms with Crippen LogP contribution in [0, 0.1) is 0 Å². The Bertz CT molecular complexity index is 846. The zero-order valence-corrected chi connectivity index (χ0v) is 14.1. The van der Waals surface area contributed by atoms with Crippen LogP contribution in [0.2, 0.25) is 5.02 Å². The molecule has 126 valence electrons. The SMILES string of the molecule is COC(=O)c1ccc(CNc2cnn(C)c(=O)c2Cl)nc1C1CC1. The second-order valence-corrected chi connectivity index (χ2v) is 6.03. The molecule has 24 heavy (non-hydrogen) atoms. The number of nitrogens with zero attached hydrogens (tertiary/aromatic N) is 3. The van der Waals surface area contributed by atoms with Crippen LogP contribution in [0.25, 0.3) is 0 Å². The van der Waals surface area contributed by atoms with E-state index in [2.05, 4.69) is 15.4 Å². The van der Waals surface area contributed by atoms with Crippen molar-refractivity contribution in [2.75, 3.05) is 12.4 Å². The number of carbonyl (C=O) groups is 1. The number of aryl methyl sites for hydroxylation is 1. The lowest BCUT2D eigenvalue weighted by atomic mass is 10.1. The first-order valence-electron chi connectivity index (χ1n) is 7.55. The Morgan fingerprint density at radius 3 is 2.88 bits per heavy atom. The average molecular weight is 349 g/mol. The summed E-state index contributed by atoms with van der Waals surface area (Å²) in [6.45, 7) is 0.371. The van der Waals surface area contributed by atoms with Crippen LogP contribution in [0.1, 0.15) is 40.5 Å². The van der Waals surface area contributed by atoms with Gasteiger partial charge in [0.1, 0.15) is 5.02 Å². The molecule has 0 amide bonds. The number of anilines is 1. The van der Waals surface area contributed by atoms with Crippen LogP contribution in [0.5, 0.6) is 0 Å². The third kappa shape index (κ3) is 3.26. The number of hydrogen-bond donors (Lipinski definition) is 1. The van der Waals surface area contributed by atoms with Crippen molar-refractivity contribution in [3.05, 3.63) is 50.7 Å². The second-order valence-electron chi connectivity index (χ2n) is 5.66. The van der Waals surface area contributed by atoms with Gasteiger partial charge < -0.3 is 10.1 Å². The van der Waals surface area contributed by atoms with Gasteiger partial charge in [0.15, 0.2) is 0 Å². The second kappa shape index (κ2) is 6.60. The first-order chi connectivity index (χ1) is 11.5. The summed E-state index contributed by atoms with van der Waals surface area (Å²) in [6, 6.07) is 3.49. The lowest BCUT2D eigenvalue weighted by Gasteiger charge is -2.11. The van der Waals surface area contributed by atoms with E-state index in [1.807, 2.05) is 0 Å². The predicted octanol–water partition coefficient (Wildman–Crippen LogP) is 2.10. The molecule has 7 nitrogen and oxygen atoms in total. The molecule has 1 fully saturated rings. The molecule has 1 N–H and O–H groups in total. The van der Waals surface area contributed by atoms with Crippen molar-refractivity contribution in [1.82, 2.24) is 14.8 Å². The summed E-state index contributed by atoms with van der Waals surface area (Å²) in [4.78, 5) is 28.2. The molecule has 0 radical (unpaired) electrons. The van der Waals surface area contributed by atoms with E-state index in [-0.39, 0.29) is 16.6 Å². The zero-order valence-electron chi connectivity index (χ0n) is 13.4. The summed E-state index contributed by atoms with van der Waals surface area (Å²) < 4.78 is 5.98. The van der Waals surface area contributed by atoms with Crippen molar-refractivity contribution in [2.45, 2.75) is 25.3 Å². The van der Waals surface area contributed by atoms with Gasteiger partial charge in [0.2, 0.25) is 0 Å². The van der Waals surface area contributed by atoms with Gasteiger partial charge in [0.25, 0.3) is 5.56 Å². The van der Waals surface area contributed by atoms with Gasteiger partial charge in [-0.05, 0) is 25.0 Å². The Labute approximate surface area is 143 Å². The Balaban J connectivity index is 1.81. The monoisotopic (exact) mass is 348 g/mol. The number of nitrogens with one attached hydrogen (secondary N) is 1. The third-order valence-electron chi connectivity index (χ3n) is 3.89. The molecule has 0 spiro atoms. The fraction of sp³-hybridized carbons (Fsp3) is 0.375. The number of esters is 1. The molecular weight excluding hydrogens is 332 g/mol. The molecule has 1 aliphatic rings. The van der Waals surface area contributed by atoms with Crippen molar-refractivity contribution in [3.8, 4) is 0 Å². The van der Waals surface area contributed by atoms with Crippen LogP contribution >= 0.6 is 11.6 Å². The van der Waals surface area contributed by atoms with Crippen molar-refractivity contribution in [3.63, 3.8) is 0 Å². The molecule has 0 unspecified atom stereocenters. The van der Waals surface area contributed by atoms with Crippen molar-refractivity contribution < 1.29 is 9.53 Å². The molecular formula is C16H17ClN4O3. The van der Waals surface area contributed by atoms with E-state index in [4.69, 9.17) is 16.3 Å². The molecule has 3 rings (SSSR count). The fourth-order valence-electron chi connectivity index (χ4n) is 2.39. The molecule has 0 saturated heterocycles. The van der Waals surface area contributed by atoms with E-state index in [9.17, 15) is 9.59 Å². The van der Waals surface area contributed by atoms with Gasteiger partial charge in [-0.25, -0.2) is 9.48 Å². The summed E-state index contributed by atoms with van der Waals surface area (Å²) >= 11 is 6.02. The van der Waals surface area contributed by atoms with Crippen LogP contribution in [0.4, 0.5) is 5.69 Å². The van der Waals surface area contributed by atoms with E-state index >= 15 is 0 Å². The average Bonchev–Trinajstić information content (AvgIpc) is 3.43. The van der Waals surface area contributed by atoms with Crippen molar-refractivity contribution in [2.24, 2.45) is 7.05 Å². The van der Waals surface area contributed by atoms with Crippen molar-refractivity contribution >= 4 is 23.3 Å². The molecule has 8 heteroatoms. The fourth-order valence-corrected chi connectivity index (χ4v) is 2.62. The maximum atomic E-state index is 11.8. The molecule has 0 aliphatic heterocycles. The molecule has 1 aliphatic carbocycles. The number of rotatable bonds is 5. The topological polar surface area (TPSA) is 86.1 Å². The van der Waals surface area contributed by atoms with Crippen molar-refractivity contribution in [1.29, 1.82) is 0 Å². The van der Waals surface area contributed by atoms with E-state index in [0.717, 1.165) is 24.2 Å². The molecule has 0 bridgehead atoms. The predicted molar refractivity (Wildman–Crippen MR) is 89.4 cm³/mol. The van der Waals surface area contributed by atoms with E-state index in [1.165, 1.54) is 25.0 Å². The lowest BCUT2D eigenvalue weighted by Crippen LogP contribution is -2.21. The van der Waals surface area contributed by atoms with Crippen LogP contribution in [-0.2, 0) is 18.3 Å². The van der Waals surface area contributed by atoms with E-state index < -0.39 is 0 Å². The number of hydrogen-bond acceptors (Lipinski definition) is 6. The number of pyridine rings is 1. The number of ether oxygens (including phenoxy) is 1. The maximum absolute atomic E-state index is 11.8. The minimum Gasteiger partial charge on any atom is -0.465 e. The van der Waals surface area contributed by atoms with Crippen LogP contribution in [0.15, 0.2) is 23.1 Å².